The number of halogens is 3. The van der Waals surface area contributed by atoms with E-state index in [2.05, 4.69) is 40.1 Å². The third-order valence-corrected chi connectivity index (χ3v) is 21.7. The number of carboxylic acid groups (broad SMARTS) is 1. The summed E-state index contributed by atoms with van der Waals surface area (Å²) in [5.74, 6) is -9.80. The lowest BCUT2D eigenvalue weighted by molar-refractivity contribution is -0.114. The van der Waals surface area contributed by atoms with Gasteiger partial charge in [0.2, 0.25) is 5.91 Å². The summed E-state index contributed by atoms with van der Waals surface area (Å²) in [7, 11) is -16.7. The average Bonchev–Trinajstić information content (AvgIpc) is 0.827. The quantitative estimate of drug-likeness (QED) is 0.0259. The first-order valence-electron chi connectivity index (χ1n) is 27.3. The molecule has 31 heteroatoms. The fourth-order valence-electron chi connectivity index (χ4n) is 9.54. The van der Waals surface area contributed by atoms with Crippen LogP contribution < -0.4 is 43.2 Å². The molecule has 1 aliphatic carbocycles. The van der Waals surface area contributed by atoms with Crippen molar-refractivity contribution in [3.63, 3.8) is 0 Å². The van der Waals surface area contributed by atoms with Gasteiger partial charge in [-0.05, 0) is 177 Å². The van der Waals surface area contributed by atoms with Gasteiger partial charge >= 0.3 is 23.9 Å². The number of carboxylic acids is 1. The molecule has 24 nitrogen and oxygen atoms in total. The highest BCUT2D eigenvalue weighted by Crippen LogP contribution is 2.38. The first-order valence-corrected chi connectivity index (χ1v) is 34.8. The average molecular weight is 1450 g/mol. The molecule has 0 spiro atoms. The van der Waals surface area contributed by atoms with Gasteiger partial charge in [0.15, 0.2) is 0 Å². The summed E-state index contributed by atoms with van der Waals surface area (Å²) in [5, 5.41) is 23.7. The number of carbonyl (C=O) groups is 5. The molecule has 484 valence electrons. The second-order valence-corrected chi connectivity index (χ2v) is 29.1. The van der Waals surface area contributed by atoms with Crippen LogP contribution in [0.4, 0.5) is 28.4 Å². The second kappa shape index (κ2) is 27.2. The van der Waals surface area contributed by atoms with Crippen molar-refractivity contribution in [2.24, 2.45) is 0 Å². The molecule has 0 aromatic heterocycles. The highest BCUT2D eigenvalue weighted by atomic mass is 79.9. The van der Waals surface area contributed by atoms with Crippen LogP contribution in [-0.2, 0) is 57.7 Å². The number of esters is 3. The third-order valence-electron chi connectivity index (χ3n) is 14.2. The minimum Gasteiger partial charge on any atom is -0.507 e. The zero-order valence-electron chi connectivity index (χ0n) is 49.1. The summed E-state index contributed by atoms with van der Waals surface area (Å²) < 4.78 is 143. The number of ether oxygens (including phenoxy) is 4. The van der Waals surface area contributed by atoms with Crippen molar-refractivity contribution in [2.75, 3.05) is 31.3 Å². The number of sulfonamides is 4. The Morgan fingerprint density at radius 1 is 0.495 bits per heavy atom. The van der Waals surface area contributed by atoms with Crippen LogP contribution in [-0.4, -0.2) is 80.8 Å². The van der Waals surface area contributed by atoms with Crippen molar-refractivity contribution in [3.05, 3.63) is 198 Å². The van der Waals surface area contributed by atoms with E-state index in [4.69, 9.17) is 42.1 Å². The normalized spacial score (nSPS) is 12.3. The maximum atomic E-state index is 14.8. The maximum absolute atomic E-state index is 14.8. The zero-order valence-corrected chi connectivity index (χ0v) is 55.5. The SMILES string of the molecule is COc1ccc(S(=O)(=O)Nc2ccc(C(=O)O)c(OC(=O)c3ccc(NS(=O)(=O)c4c(C)c(Cl)cc(C)c4Cl)cc3OC(=O)c3ccc(NS(=O)(=O)c4ccc5c(c4)CCCC5)cc3OC(=O)c3ccc(NS(=O)(=O)c4ccc(Br)c(C)c4)cc3O)c2)cc1NC(C)=O. The monoisotopic (exact) mass is 1450 g/mol. The van der Waals surface area contributed by atoms with Gasteiger partial charge in [-0.25, -0.2) is 52.8 Å². The summed E-state index contributed by atoms with van der Waals surface area (Å²) in [6.07, 6.45) is 3.13. The Labute approximate surface area is 551 Å². The smallest absolute Gasteiger partial charge is 0.347 e. The number of methoxy groups -OCH3 is 1. The van der Waals surface area contributed by atoms with Crippen LogP contribution in [0.25, 0.3) is 0 Å². The Morgan fingerprint density at radius 2 is 0.935 bits per heavy atom. The number of phenolic OH excluding ortho intramolecular Hbond substituents is 1. The van der Waals surface area contributed by atoms with E-state index in [0.29, 0.717) is 16.5 Å². The van der Waals surface area contributed by atoms with Crippen molar-refractivity contribution in [1.82, 2.24) is 0 Å². The van der Waals surface area contributed by atoms with Crippen LogP contribution >= 0.6 is 39.1 Å². The lowest BCUT2D eigenvalue weighted by Crippen LogP contribution is -2.19. The topological polar surface area (TPSA) is 359 Å². The Bertz CT molecular complexity index is 4910. The minimum atomic E-state index is -4.73. The molecule has 8 aromatic carbocycles. The lowest BCUT2D eigenvalue weighted by Gasteiger charge is -2.18. The minimum absolute atomic E-state index is 0.0170. The van der Waals surface area contributed by atoms with Gasteiger partial charge in [-0.2, -0.15) is 0 Å². The first kappa shape index (κ1) is 68.1. The number of carbonyl (C=O) groups excluding carboxylic acids is 4. The molecule has 0 aliphatic heterocycles. The summed E-state index contributed by atoms with van der Waals surface area (Å²) in [6.45, 7) is 5.73. The number of rotatable bonds is 21. The zero-order chi connectivity index (χ0) is 67.6. The molecule has 9 rings (SSSR count). The fraction of sp³-hybridized carbons (Fsp3) is 0.145. The van der Waals surface area contributed by atoms with Gasteiger partial charge in [0.25, 0.3) is 40.1 Å². The van der Waals surface area contributed by atoms with Gasteiger partial charge in [0.1, 0.15) is 55.9 Å². The van der Waals surface area contributed by atoms with Gasteiger partial charge < -0.3 is 34.5 Å². The number of hydrogen-bond acceptors (Lipinski definition) is 18. The number of hydrogen-bond donors (Lipinski definition) is 7. The van der Waals surface area contributed by atoms with Gasteiger partial charge in [-0.15, -0.1) is 0 Å². The molecule has 7 N–H and O–H groups in total. The van der Waals surface area contributed by atoms with E-state index in [1.54, 1.807) is 13.0 Å². The van der Waals surface area contributed by atoms with Crippen LogP contribution in [0.3, 0.4) is 0 Å². The largest absolute Gasteiger partial charge is 0.507 e. The second-order valence-electron chi connectivity index (χ2n) is 20.8. The molecule has 0 fully saturated rings. The van der Waals surface area contributed by atoms with Crippen LogP contribution in [0.5, 0.6) is 28.7 Å². The number of aromatic hydroxyl groups is 1. The standard InChI is InChI=1S/C62H52BrCl2N5O19S4/c1-32-24-42(16-22-49(32)63)90(78,79)67-38-11-18-45(52(72)27-38)60(75)88-55-29-40(68-91(80,81)43-15-10-36-8-6-7-9-37(36)26-43)13-20-47(55)62(77)89-56-30-41(70-93(84,85)58-34(3)50(64)25-33(2)57(58)65)14-21-48(56)61(76)87-54-28-39(12-19-46(54)59(73)74)69-92(82,83)44-17-23-53(86-5)51(31-44)66-35(4)71/h10-31,67-70,72H,6-9H2,1-5H3,(H,66,71)(H,73,74). The molecule has 1 aliphatic rings. The predicted octanol–water partition coefficient (Wildman–Crippen LogP) is 11.8. The molecule has 1 amide bonds. The highest BCUT2D eigenvalue weighted by Gasteiger charge is 2.30. The number of anilines is 5. The van der Waals surface area contributed by atoms with Crippen molar-refractivity contribution in [1.29, 1.82) is 0 Å². The van der Waals surface area contributed by atoms with E-state index in [-0.39, 0.29) is 59.5 Å². The summed E-state index contributed by atoms with van der Waals surface area (Å²) in [5.41, 5.74) is -1.37. The maximum Gasteiger partial charge on any atom is 0.347 e. The number of nitrogens with one attached hydrogen (secondary N) is 5. The molecule has 93 heavy (non-hydrogen) atoms. The fourth-order valence-corrected chi connectivity index (χ4v) is 15.4. The Hall–Kier alpha value is -9.23. The first-order chi connectivity index (χ1) is 43.7. The van der Waals surface area contributed by atoms with Gasteiger partial charge in [-0.1, -0.05) is 45.2 Å². The number of aryl methyl sites for hydroxylation is 4. The predicted molar refractivity (Wildman–Crippen MR) is 348 cm³/mol. The number of amides is 1. The van der Waals surface area contributed by atoms with E-state index in [9.17, 15) is 67.9 Å². The van der Waals surface area contributed by atoms with E-state index in [0.717, 1.165) is 115 Å². The molecule has 0 saturated heterocycles. The van der Waals surface area contributed by atoms with Gasteiger partial charge in [0, 0.05) is 40.7 Å². The van der Waals surface area contributed by atoms with Gasteiger partial charge in [-0.3, -0.25) is 23.7 Å². The van der Waals surface area contributed by atoms with E-state index in [1.807, 2.05) is 0 Å². The summed E-state index contributed by atoms with van der Waals surface area (Å²) in [6, 6.07) is 25.2. The number of benzene rings is 8. The molecule has 0 unspecified atom stereocenters. The van der Waals surface area contributed by atoms with Crippen molar-refractivity contribution in [2.45, 2.75) is 73.0 Å². The molecule has 0 bridgehead atoms. The van der Waals surface area contributed by atoms with E-state index >= 15 is 0 Å². The summed E-state index contributed by atoms with van der Waals surface area (Å²) in [4.78, 5) is 66.9. The van der Waals surface area contributed by atoms with Crippen molar-refractivity contribution >= 4 is 137 Å². The van der Waals surface area contributed by atoms with Gasteiger partial charge in [0.05, 0.1) is 55.3 Å². The molecular weight excluding hydrogens is 1400 g/mol. The number of phenols is 1. The molecule has 0 radical (unpaired) electrons. The van der Waals surface area contributed by atoms with E-state index in [1.165, 1.54) is 70.3 Å². The molecule has 0 saturated carbocycles. The van der Waals surface area contributed by atoms with E-state index < -0.39 is 131 Å². The Morgan fingerprint density at radius 3 is 1.44 bits per heavy atom. The number of fused-ring (bicyclic) bond motifs is 1. The van der Waals surface area contributed by atoms with Crippen molar-refractivity contribution < 1.29 is 86.8 Å². The molecule has 0 atom stereocenters. The van der Waals surface area contributed by atoms with Crippen LogP contribution in [0.1, 0.15) is 89.0 Å². The van der Waals surface area contributed by atoms with Crippen LogP contribution in [0.2, 0.25) is 10.0 Å². The lowest BCUT2D eigenvalue weighted by atomic mass is 9.92. The van der Waals surface area contributed by atoms with Crippen LogP contribution in [0, 0.1) is 20.8 Å². The van der Waals surface area contributed by atoms with Crippen molar-refractivity contribution in [3.8, 4) is 28.7 Å². The third kappa shape index (κ3) is 15.5. The Kier molecular flexibility index (Phi) is 19.9. The Balaban J connectivity index is 1.10. The molecule has 0 heterocycles. The summed E-state index contributed by atoms with van der Waals surface area (Å²) >= 11 is 16.2. The highest BCUT2D eigenvalue weighted by molar-refractivity contribution is 9.10. The molecule has 8 aromatic rings. The van der Waals surface area contributed by atoms with Crippen LogP contribution in [0.15, 0.2) is 158 Å². The molecular formula is C62H52BrCl2N5O19S4. The number of aromatic carboxylic acids is 1.